The van der Waals surface area contributed by atoms with Gasteiger partial charge >= 0.3 is 0 Å². The van der Waals surface area contributed by atoms with Gasteiger partial charge in [-0.15, -0.1) is 4.91 Å². The lowest BCUT2D eigenvalue weighted by Crippen LogP contribution is -2.05. The number of hydrogen-bond donors (Lipinski definition) is 2. The molecule has 0 aliphatic heterocycles. The highest BCUT2D eigenvalue weighted by Gasteiger charge is 2.22. The van der Waals surface area contributed by atoms with Gasteiger partial charge in [0.25, 0.3) is 0 Å². The van der Waals surface area contributed by atoms with Crippen molar-refractivity contribution in [2.24, 2.45) is 5.18 Å². The summed E-state index contributed by atoms with van der Waals surface area (Å²) in [5.41, 5.74) is 5.54. The first kappa shape index (κ1) is 14.3. The molecule has 1 heterocycles. The van der Waals surface area contributed by atoms with E-state index in [0.29, 0.717) is 10.4 Å². The largest absolute Gasteiger partial charge is 0.493 e. The molecular formula is C18H15ClN2O2. The van der Waals surface area contributed by atoms with Crippen molar-refractivity contribution in [2.45, 2.75) is 25.7 Å². The van der Waals surface area contributed by atoms with E-state index in [9.17, 15) is 10.0 Å². The van der Waals surface area contributed by atoms with Crippen molar-refractivity contribution < 1.29 is 5.11 Å². The summed E-state index contributed by atoms with van der Waals surface area (Å²) >= 11 is 5.99. The number of nitrogens with one attached hydrogen (secondary N) is 1. The van der Waals surface area contributed by atoms with Crippen molar-refractivity contribution in [2.75, 3.05) is 0 Å². The van der Waals surface area contributed by atoms with Gasteiger partial charge in [-0.1, -0.05) is 23.7 Å². The fourth-order valence-corrected chi connectivity index (χ4v) is 3.68. The number of aryl methyl sites for hydroxylation is 1. The van der Waals surface area contributed by atoms with Crippen LogP contribution in [0.1, 0.15) is 24.0 Å². The first-order chi connectivity index (χ1) is 11.2. The Morgan fingerprint density at radius 2 is 1.78 bits per heavy atom. The fraction of sp³-hybridized carbons (Fsp3) is 0.222. The topological polar surface area (TPSA) is 65.4 Å². The molecule has 0 saturated heterocycles. The third-order valence-corrected chi connectivity index (χ3v) is 4.87. The fourth-order valence-electron chi connectivity index (χ4n) is 3.56. The molecule has 1 aliphatic carbocycles. The van der Waals surface area contributed by atoms with E-state index in [-0.39, 0.29) is 11.6 Å². The van der Waals surface area contributed by atoms with E-state index in [1.807, 2.05) is 30.3 Å². The molecule has 2 aromatic carbocycles. The first-order valence-electron chi connectivity index (χ1n) is 7.67. The van der Waals surface area contributed by atoms with Gasteiger partial charge in [0.2, 0.25) is 5.88 Å². The minimum absolute atomic E-state index is 0.0867. The summed E-state index contributed by atoms with van der Waals surface area (Å²) in [6, 6.07) is 9.65. The van der Waals surface area contributed by atoms with Crippen LogP contribution in [0.2, 0.25) is 5.02 Å². The zero-order valence-corrected chi connectivity index (χ0v) is 13.2. The summed E-state index contributed by atoms with van der Waals surface area (Å²) in [5.74, 6) is -0.156. The summed E-state index contributed by atoms with van der Waals surface area (Å²) in [6.45, 7) is 0. The van der Waals surface area contributed by atoms with Crippen LogP contribution in [0.15, 0.2) is 35.5 Å². The number of aromatic nitrogens is 1. The highest BCUT2D eigenvalue weighted by atomic mass is 35.5. The molecule has 0 spiro atoms. The second-order valence-electron chi connectivity index (χ2n) is 5.93. The Morgan fingerprint density at radius 1 is 1.09 bits per heavy atom. The molecule has 0 amide bonds. The Kier molecular flexibility index (Phi) is 3.34. The van der Waals surface area contributed by atoms with Crippen molar-refractivity contribution in [3.8, 4) is 17.0 Å². The Bertz CT molecular complexity index is 913. The third-order valence-electron chi connectivity index (χ3n) is 4.62. The van der Waals surface area contributed by atoms with E-state index in [1.54, 1.807) is 0 Å². The van der Waals surface area contributed by atoms with Gasteiger partial charge in [-0.05, 0) is 71.3 Å². The van der Waals surface area contributed by atoms with E-state index in [0.717, 1.165) is 42.3 Å². The van der Waals surface area contributed by atoms with Crippen LogP contribution < -0.4 is 0 Å². The molecule has 23 heavy (non-hydrogen) atoms. The smallest absolute Gasteiger partial charge is 0.219 e. The molecule has 0 fully saturated rings. The van der Waals surface area contributed by atoms with Gasteiger partial charge in [-0.3, -0.25) is 0 Å². The molecule has 0 bridgehead atoms. The number of H-pyrrole nitrogens is 1. The molecule has 5 heteroatoms. The second kappa shape index (κ2) is 5.39. The lowest BCUT2D eigenvalue weighted by atomic mass is 9.84. The molecule has 116 valence electrons. The van der Waals surface area contributed by atoms with Crippen LogP contribution in [0.3, 0.4) is 0 Å². The monoisotopic (exact) mass is 326 g/mol. The first-order valence-corrected chi connectivity index (χ1v) is 8.05. The Labute approximate surface area is 138 Å². The Hall–Kier alpha value is -2.33. The van der Waals surface area contributed by atoms with E-state index < -0.39 is 0 Å². The minimum Gasteiger partial charge on any atom is -0.493 e. The van der Waals surface area contributed by atoms with Crippen LogP contribution in [0, 0.1) is 4.91 Å². The van der Waals surface area contributed by atoms with Crippen LogP contribution >= 0.6 is 11.6 Å². The van der Waals surface area contributed by atoms with Gasteiger partial charge in [0.1, 0.15) is 0 Å². The second-order valence-corrected chi connectivity index (χ2v) is 6.37. The van der Waals surface area contributed by atoms with Crippen molar-refractivity contribution in [3.63, 3.8) is 0 Å². The maximum Gasteiger partial charge on any atom is 0.219 e. The molecule has 4 rings (SSSR count). The van der Waals surface area contributed by atoms with E-state index in [4.69, 9.17) is 11.6 Å². The summed E-state index contributed by atoms with van der Waals surface area (Å²) < 4.78 is 0. The zero-order chi connectivity index (χ0) is 16.0. The number of nitrogens with zero attached hydrogens (tertiary/aromatic N) is 1. The van der Waals surface area contributed by atoms with Crippen LogP contribution in [-0.2, 0) is 12.8 Å². The normalized spacial score (nSPS) is 14.0. The molecule has 0 saturated carbocycles. The number of aromatic hydroxyl groups is 1. The summed E-state index contributed by atoms with van der Waals surface area (Å²) in [6.07, 6.45) is 4.18. The van der Waals surface area contributed by atoms with Gasteiger partial charge in [0.15, 0.2) is 5.69 Å². The Morgan fingerprint density at radius 3 is 2.48 bits per heavy atom. The lowest BCUT2D eigenvalue weighted by molar-refractivity contribution is 0.460. The number of fused-ring (bicyclic) bond motifs is 3. The number of hydrogen-bond acceptors (Lipinski definition) is 3. The van der Waals surface area contributed by atoms with E-state index in [2.05, 4.69) is 10.2 Å². The number of aromatic amines is 1. The van der Waals surface area contributed by atoms with E-state index >= 15 is 0 Å². The summed E-state index contributed by atoms with van der Waals surface area (Å²) in [5, 5.41) is 14.3. The molecule has 1 aliphatic rings. The van der Waals surface area contributed by atoms with Gasteiger partial charge in [-0.2, -0.15) is 0 Å². The van der Waals surface area contributed by atoms with Gasteiger partial charge < -0.3 is 10.1 Å². The zero-order valence-electron chi connectivity index (χ0n) is 12.4. The van der Waals surface area contributed by atoms with Crippen molar-refractivity contribution >= 4 is 28.2 Å². The van der Waals surface area contributed by atoms with Crippen LogP contribution in [-0.4, -0.2) is 10.1 Å². The number of rotatable bonds is 2. The molecule has 0 atom stereocenters. The third kappa shape index (κ3) is 2.21. The van der Waals surface area contributed by atoms with Gasteiger partial charge in [0, 0.05) is 10.4 Å². The predicted octanol–water partition coefficient (Wildman–Crippen LogP) is 5.47. The van der Waals surface area contributed by atoms with Crippen LogP contribution in [0.4, 0.5) is 5.69 Å². The summed E-state index contributed by atoms with van der Waals surface area (Å²) in [7, 11) is 0. The average molecular weight is 327 g/mol. The lowest BCUT2D eigenvalue weighted by Gasteiger charge is -2.21. The minimum atomic E-state index is -0.156. The molecule has 4 nitrogen and oxygen atoms in total. The maximum absolute atomic E-state index is 11.1. The quantitative estimate of drug-likeness (QED) is 0.613. The van der Waals surface area contributed by atoms with Gasteiger partial charge in [0.05, 0.1) is 5.52 Å². The molecule has 1 aromatic heterocycles. The number of halogens is 1. The van der Waals surface area contributed by atoms with Crippen molar-refractivity contribution in [1.82, 2.24) is 4.98 Å². The molecular weight excluding hydrogens is 312 g/mol. The molecule has 2 N–H and O–H groups in total. The van der Waals surface area contributed by atoms with Crippen LogP contribution in [0.25, 0.3) is 22.0 Å². The summed E-state index contributed by atoms with van der Waals surface area (Å²) in [4.78, 5) is 14.1. The average Bonchev–Trinajstić information content (AvgIpc) is 2.90. The molecule has 3 aromatic rings. The SMILES string of the molecule is O=Nc1c(O)[nH]c2c3c(c(-c4ccc(Cl)cc4)cc12)CCCC3. The van der Waals surface area contributed by atoms with Gasteiger partial charge in [-0.25, -0.2) is 0 Å². The number of benzene rings is 2. The maximum atomic E-state index is 11.1. The highest BCUT2D eigenvalue weighted by Crippen LogP contribution is 2.43. The van der Waals surface area contributed by atoms with E-state index in [1.165, 1.54) is 11.1 Å². The van der Waals surface area contributed by atoms with Crippen molar-refractivity contribution in [1.29, 1.82) is 0 Å². The number of nitroso groups, excluding NO2 is 1. The molecule has 0 radical (unpaired) electrons. The Balaban J connectivity index is 2.06. The highest BCUT2D eigenvalue weighted by molar-refractivity contribution is 6.30. The van der Waals surface area contributed by atoms with Crippen molar-refractivity contribution in [3.05, 3.63) is 51.4 Å². The standard InChI is InChI=1S/C18H15ClN2O2/c19-11-7-5-10(6-8-11)14-9-15-16(20-18(22)17(15)21-23)13-4-2-1-3-12(13)14/h5-9,20,22H,1-4H2. The predicted molar refractivity (Wildman–Crippen MR) is 92.5 cm³/mol. The molecule has 0 unspecified atom stereocenters. The van der Waals surface area contributed by atoms with Crippen LogP contribution in [0.5, 0.6) is 5.88 Å².